The van der Waals surface area contributed by atoms with Crippen LogP contribution in [0.15, 0.2) is 36.0 Å². The zero-order chi connectivity index (χ0) is 12.7. The Labute approximate surface area is 104 Å². The van der Waals surface area contributed by atoms with Crippen LogP contribution in [0.2, 0.25) is 0 Å². The lowest BCUT2D eigenvalue weighted by Gasteiger charge is -2.30. The third-order valence-corrected chi connectivity index (χ3v) is 2.86. The number of likely N-dealkylation sites (tertiary alicyclic amines) is 1. The highest BCUT2D eigenvalue weighted by Gasteiger charge is 2.16. The van der Waals surface area contributed by atoms with Gasteiger partial charge in [0.15, 0.2) is 0 Å². The smallest absolute Gasteiger partial charge is 0.0944 e. The summed E-state index contributed by atoms with van der Waals surface area (Å²) in [7, 11) is 0. The van der Waals surface area contributed by atoms with Crippen molar-refractivity contribution in [3.8, 4) is 6.07 Å². The Morgan fingerprint density at radius 2 is 2.41 bits per heavy atom. The minimum Gasteiger partial charge on any atom is -0.327 e. The first-order valence-corrected chi connectivity index (χ1v) is 6.03. The molecule has 1 saturated heterocycles. The second kappa shape index (κ2) is 7.05. The average Bonchev–Trinajstić information content (AvgIpc) is 2.29. The number of hydrogen-bond acceptors (Lipinski definition) is 3. The van der Waals surface area contributed by atoms with Crippen molar-refractivity contribution in [2.45, 2.75) is 25.8 Å². The molecular formula is C14H21N3. The molecule has 0 aromatic carbocycles. The highest BCUT2D eigenvalue weighted by Crippen LogP contribution is 2.12. The number of piperidine rings is 1. The Balaban J connectivity index is 2.64. The van der Waals surface area contributed by atoms with Gasteiger partial charge in [0.25, 0.3) is 0 Å². The van der Waals surface area contributed by atoms with E-state index in [4.69, 9.17) is 11.0 Å². The van der Waals surface area contributed by atoms with Gasteiger partial charge in [-0.1, -0.05) is 18.7 Å². The van der Waals surface area contributed by atoms with Crippen LogP contribution in [0.4, 0.5) is 0 Å². The summed E-state index contributed by atoms with van der Waals surface area (Å²) in [4.78, 5) is 2.34. The van der Waals surface area contributed by atoms with E-state index in [2.05, 4.69) is 17.5 Å². The lowest BCUT2D eigenvalue weighted by atomic mass is 10.0. The minimum atomic E-state index is 0.287. The molecule has 1 rings (SSSR count). The van der Waals surface area contributed by atoms with Gasteiger partial charge in [-0.3, -0.25) is 4.90 Å². The molecule has 0 aliphatic carbocycles. The molecule has 0 aromatic heterocycles. The van der Waals surface area contributed by atoms with Crippen LogP contribution in [0.25, 0.3) is 0 Å². The lowest BCUT2D eigenvalue weighted by Crippen LogP contribution is -2.43. The first-order valence-electron chi connectivity index (χ1n) is 6.03. The van der Waals surface area contributed by atoms with Crippen molar-refractivity contribution in [2.24, 2.45) is 5.73 Å². The predicted molar refractivity (Wildman–Crippen MR) is 71.3 cm³/mol. The lowest BCUT2D eigenvalue weighted by molar-refractivity contribution is 0.226. The van der Waals surface area contributed by atoms with E-state index in [0.717, 1.165) is 43.6 Å². The summed E-state index contributed by atoms with van der Waals surface area (Å²) in [5.41, 5.74) is 7.79. The van der Waals surface area contributed by atoms with Crippen LogP contribution in [0.5, 0.6) is 0 Å². The summed E-state index contributed by atoms with van der Waals surface area (Å²) in [5, 5.41) is 8.79. The molecule has 3 nitrogen and oxygen atoms in total. The van der Waals surface area contributed by atoms with Crippen molar-refractivity contribution in [3.63, 3.8) is 0 Å². The monoisotopic (exact) mass is 231 g/mol. The molecule has 0 aromatic rings. The van der Waals surface area contributed by atoms with Crippen LogP contribution in [0.3, 0.4) is 0 Å². The Morgan fingerprint density at radius 3 is 3.00 bits per heavy atom. The van der Waals surface area contributed by atoms with Gasteiger partial charge in [0.1, 0.15) is 0 Å². The van der Waals surface area contributed by atoms with Crippen LogP contribution in [-0.4, -0.2) is 30.6 Å². The van der Waals surface area contributed by atoms with Crippen molar-refractivity contribution in [3.05, 3.63) is 36.0 Å². The summed E-state index contributed by atoms with van der Waals surface area (Å²) in [6.07, 6.45) is 7.91. The molecule has 0 saturated carbocycles. The largest absolute Gasteiger partial charge is 0.327 e. The Bertz CT molecular complexity index is 360. The van der Waals surface area contributed by atoms with Crippen LogP contribution < -0.4 is 5.73 Å². The standard InChI is InChI=1S/C14H21N3/c1-3-5-13(8-12(2)9-15)10-17-7-4-6-14(16)11-17/h3,5,8,14H,1,4,6-7,10-11,16H2,2H3/b12-8+,13-5+. The van der Waals surface area contributed by atoms with E-state index in [1.807, 2.05) is 19.1 Å². The van der Waals surface area contributed by atoms with E-state index in [0.29, 0.717) is 0 Å². The Kier molecular flexibility index (Phi) is 5.68. The molecule has 3 heteroatoms. The summed E-state index contributed by atoms with van der Waals surface area (Å²) >= 11 is 0. The number of nitriles is 1. The van der Waals surface area contributed by atoms with Gasteiger partial charge in [-0.15, -0.1) is 0 Å². The highest BCUT2D eigenvalue weighted by atomic mass is 15.1. The van der Waals surface area contributed by atoms with Crippen LogP contribution in [0.1, 0.15) is 19.8 Å². The molecule has 1 fully saturated rings. The molecule has 92 valence electrons. The topological polar surface area (TPSA) is 53.0 Å². The molecule has 1 unspecified atom stereocenters. The maximum atomic E-state index is 8.79. The molecular weight excluding hydrogens is 210 g/mol. The maximum absolute atomic E-state index is 8.79. The summed E-state index contributed by atoms with van der Waals surface area (Å²) in [6, 6.07) is 2.43. The van der Waals surface area contributed by atoms with Crippen LogP contribution in [0, 0.1) is 11.3 Å². The van der Waals surface area contributed by atoms with E-state index in [1.165, 1.54) is 0 Å². The summed E-state index contributed by atoms with van der Waals surface area (Å²) in [5.74, 6) is 0. The van der Waals surface area contributed by atoms with Gasteiger partial charge in [0, 0.05) is 24.7 Å². The molecule has 1 atom stereocenters. The van der Waals surface area contributed by atoms with E-state index < -0.39 is 0 Å². The van der Waals surface area contributed by atoms with Crippen molar-refractivity contribution in [1.29, 1.82) is 5.26 Å². The normalized spacial score (nSPS) is 23.2. The number of nitrogens with zero attached hydrogens (tertiary/aromatic N) is 2. The van der Waals surface area contributed by atoms with Gasteiger partial charge >= 0.3 is 0 Å². The number of nitrogens with two attached hydrogens (primary N) is 1. The Hall–Kier alpha value is -1.37. The Morgan fingerprint density at radius 1 is 1.65 bits per heavy atom. The zero-order valence-corrected chi connectivity index (χ0v) is 10.5. The summed E-state index contributed by atoms with van der Waals surface area (Å²) in [6.45, 7) is 8.40. The SMILES string of the molecule is C=C/C=C(\C=C(/C)C#N)CN1CCCC(N)C1. The molecule has 1 heterocycles. The third kappa shape index (κ3) is 4.99. The molecule has 2 N–H and O–H groups in total. The van der Waals surface area contributed by atoms with Crippen molar-refractivity contribution >= 4 is 0 Å². The number of allylic oxidation sites excluding steroid dienone is 3. The molecule has 0 bridgehead atoms. The number of rotatable bonds is 4. The third-order valence-electron chi connectivity index (χ3n) is 2.86. The first kappa shape index (κ1) is 13.7. The van der Waals surface area contributed by atoms with E-state index in [1.54, 1.807) is 6.08 Å². The van der Waals surface area contributed by atoms with Gasteiger partial charge in [0.05, 0.1) is 6.07 Å². The second-order valence-corrected chi connectivity index (χ2v) is 4.55. The highest BCUT2D eigenvalue weighted by molar-refractivity contribution is 5.33. The number of hydrogen-bond donors (Lipinski definition) is 1. The van der Waals surface area contributed by atoms with E-state index in [-0.39, 0.29) is 6.04 Å². The first-order chi connectivity index (χ1) is 8.15. The average molecular weight is 231 g/mol. The summed E-state index contributed by atoms with van der Waals surface area (Å²) < 4.78 is 0. The van der Waals surface area contributed by atoms with E-state index in [9.17, 15) is 0 Å². The van der Waals surface area contributed by atoms with Crippen LogP contribution in [-0.2, 0) is 0 Å². The van der Waals surface area contributed by atoms with Crippen molar-refractivity contribution < 1.29 is 0 Å². The maximum Gasteiger partial charge on any atom is 0.0944 e. The van der Waals surface area contributed by atoms with Gasteiger partial charge < -0.3 is 5.73 Å². The fraction of sp³-hybridized carbons (Fsp3) is 0.500. The molecule has 0 amide bonds. The van der Waals surface area contributed by atoms with Gasteiger partial charge in [0.2, 0.25) is 0 Å². The van der Waals surface area contributed by atoms with Gasteiger partial charge in [-0.2, -0.15) is 5.26 Å². The molecule has 0 spiro atoms. The molecule has 0 radical (unpaired) electrons. The van der Waals surface area contributed by atoms with E-state index >= 15 is 0 Å². The predicted octanol–water partition coefficient (Wildman–Crippen LogP) is 1.99. The van der Waals surface area contributed by atoms with Crippen molar-refractivity contribution in [2.75, 3.05) is 19.6 Å². The van der Waals surface area contributed by atoms with Gasteiger partial charge in [-0.25, -0.2) is 0 Å². The van der Waals surface area contributed by atoms with Gasteiger partial charge in [-0.05, 0) is 38.0 Å². The minimum absolute atomic E-state index is 0.287. The van der Waals surface area contributed by atoms with Crippen LogP contribution >= 0.6 is 0 Å². The second-order valence-electron chi connectivity index (χ2n) is 4.55. The quantitative estimate of drug-likeness (QED) is 0.594. The fourth-order valence-corrected chi connectivity index (χ4v) is 2.10. The molecule has 1 aliphatic heterocycles. The van der Waals surface area contributed by atoms with Crippen molar-refractivity contribution in [1.82, 2.24) is 4.90 Å². The zero-order valence-electron chi connectivity index (χ0n) is 10.5. The molecule has 17 heavy (non-hydrogen) atoms. The fourth-order valence-electron chi connectivity index (χ4n) is 2.10. The molecule has 1 aliphatic rings.